The average Bonchev–Trinajstić information content (AvgIpc) is 3.97. The molecule has 0 amide bonds. The molecule has 296 valence electrons. The summed E-state index contributed by atoms with van der Waals surface area (Å²) in [6.45, 7) is 2.28. The Morgan fingerprint density at radius 3 is 2.24 bits per heavy atom. The second-order valence-corrected chi connectivity index (χ2v) is 17.0. The molecule has 0 saturated heterocycles. The molecule has 0 fully saturated rings. The fourth-order valence-electron chi connectivity index (χ4n) is 10.4. The lowest BCUT2D eigenvalue weighted by molar-refractivity contribution is 0.228. The molecule has 4 aliphatic rings. The molecular formula is C57H40N2O3. The molecule has 0 radical (unpaired) electrons. The third-order valence-electron chi connectivity index (χ3n) is 13.3. The van der Waals surface area contributed by atoms with E-state index in [-0.39, 0.29) is 17.4 Å². The van der Waals surface area contributed by atoms with Crippen molar-refractivity contribution >= 4 is 78.2 Å². The normalized spacial score (nSPS) is 19.5. The van der Waals surface area contributed by atoms with E-state index in [4.69, 9.17) is 13.6 Å². The van der Waals surface area contributed by atoms with Gasteiger partial charge >= 0.3 is 0 Å². The van der Waals surface area contributed by atoms with Crippen LogP contribution in [-0.2, 0) is 11.8 Å². The number of allylic oxidation sites excluding steroid dienone is 6. The molecule has 0 spiro atoms. The summed E-state index contributed by atoms with van der Waals surface area (Å²) < 4.78 is 19.7. The number of nitrogens with zero attached hydrogens (tertiary/aromatic N) is 2. The van der Waals surface area contributed by atoms with Crippen LogP contribution in [0.5, 0.6) is 5.75 Å². The van der Waals surface area contributed by atoms with Gasteiger partial charge in [-0.15, -0.1) is 0 Å². The second-order valence-electron chi connectivity index (χ2n) is 17.0. The van der Waals surface area contributed by atoms with E-state index in [0.29, 0.717) is 0 Å². The van der Waals surface area contributed by atoms with Crippen molar-refractivity contribution < 1.29 is 13.6 Å². The number of benzene rings is 7. The molecule has 3 unspecified atom stereocenters. The highest BCUT2D eigenvalue weighted by Gasteiger charge is 2.45. The van der Waals surface area contributed by atoms with E-state index in [0.717, 1.165) is 90.4 Å². The first-order valence-corrected chi connectivity index (χ1v) is 21.4. The van der Waals surface area contributed by atoms with Crippen LogP contribution in [0.25, 0.3) is 49.8 Å². The van der Waals surface area contributed by atoms with Gasteiger partial charge in [-0.3, -0.25) is 0 Å². The van der Waals surface area contributed by atoms with Crippen molar-refractivity contribution in [2.45, 2.75) is 24.9 Å². The third kappa shape index (κ3) is 5.28. The van der Waals surface area contributed by atoms with Gasteiger partial charge in [0.15, 0.2) is 0 Å². The summed E-state index contributed by atoms with van der Waals surface area (Å²) in [6, 6.07) is 53.7. The molecule has 0 saturated carbocycles. The molecule has 9 aromatic rings. The van der Waals surface area contributed by atoms with E-state index in [2.05, 4.69) is 205 Å². The van der Waals surface area contributed by atoms with Gasteiger partial charge in [-0.1, -0.05) is 103 Å². The predicted molar refractivity (Wildman–Crippen MR) is 253 cm³/mol. The molecule has 0 bridgehead atoms. The Bertz CT molecular complexity index is 3460. The zero-order valence-corrected chi connectivity index (χ0v) is 34.0. The molecule has 2 aromatic heterocycles. The summed E-state index contributed by atoms with van der Waals surface area (Å²) in [4.78, 5) is 4.74. The van der Waals surface area contributed by atoms with Crippen molar-refractivity contribution in [3.8, 4) is 5.75 Å². The van der Waals surface area contributed by atoms with Gasteiger partial charge < -0.3 is 23.4 Å². The number of anilines is 5. The molecule has 3 aliphatic carbocycles. The number of hydrogen-bond donors (Lipinski definition) is 0. The molecule has 0 N–H and O–H groups in total. The Morgan fingerprint density at radius 1 is 0.597 bits per heavy atom. The highest BCUT2D eigenvalue weighted by Crippen LogP contribution is 2.53. The molecule has 1 aliphatic heterocycles. The van der Waals surface area contributed by atoms with Crippen LogP contribution in [0.2, 0.25) is 0 Å². The summed E-state index contributed by atoms with van der Waals surface area (Å²) in [7, 11) is 0. The number of para-hydroxylation sites is 3. The topological polar surface area (TPSA) is 42.0 Å². The summed E-state index contributed by atoms with van der Waals surface area (Å²) in [5.74, 6) is 2.11. The van der Waals surface area contributed by atoms with Crippen LogP contribution in [0, 0.1) is 5.92 Å². The van der Waals surface area contributed by atoms with Gasteiger partial charge in [-0.2, -0.15) is 0 Å². The highest BCUT2D eigenvalue weighted by atomic mass is 16.5. The summed E-state index contributed by atoms with van der Waals surface area (Å²) in [6.07, 6.45) is 18.7. The van der Waals surface area contributed by atoms with Crippen LogP contribution in [0.3, 0.4) is 0 Å². The Labute approximate surface area is 359 Å². The fourth-order valence-corrected chi connectivity index (χ4v) is 10.4. The van der Waals surface area contributed by atoms with Crippen LogP contribution < -0.4 is 14.5 Å². The smallest absolute Gasteiger partial charge is 0.137 e. The lowest BCUT2D eigenvalue weighted by atomic mass is 9.75. The van der Waals surface area contributed by atoms with Gasteiger partial charge in [-0.05, 0) is 120 Å². The van der Waals surface area contributed by atoms with E-state index in [1.807, 2.05) is 12.1 Å². The monoisotopic (exact) mass is 800 g/mol. The lowest BCUT2D eigenvalue weighted by Crippen LogP contribution is -2.33. The zero-order valence-electron chi connectivity index (χ0n) is 34.0. The number of furan rings is 2. The quantitative estimate of drug-likeness (QED) is 0.168. The molecule has 3 atom stereocenters. The van der Waals surface area contributed by atoms with E-state index < -0.39 is 0 Å². The molecule has 5 heteroatoms. The molecule has 5 nitrogen and oxygen atoms in total. The van der Waals surface area contributed by atoms with Crippen molar-refractivity contribution in [3.63, 3.8) is 0 Å². The Hall–Kier alpha value is -7.76. The maximum Gasteiger partial charge on any atom is 0.137 e. The average molecular weight is 801 g/mol. The van der Waals surface area contributed by atoms with Crippen molar-refractivity contribution in [2.75, 3.05) is 9.80 Å². The van der Waals surface area contributed by atoms with Gasteiger partial charge in [-0.25, -0.2) is 0 Å². The minimum Gasteiger partial charge on any atom is -0.485 e. The summed E-state index contributed by atoms with van der Waals surface area (Å²) in [5.41, 5.74) is 12.6. The van der Waals surface area contributed by atoms with Crippen molar-refractivity contribution in [1.82, 2.24) is 0 Å². The molecule has 3 heterocycles. The van der Waals surface area contributed by atoms with Crippen LogP contribution in [0.15, 0.2) is 214 Å². The Kier molecular flexibility index (Phi) is 7.56. The van der Waals surface area contributed by atoms with E-state index >= 15 is 0 Å². The molecule has 7 aromatic carbocycles. The van der Waals surface area contributed by atoms with Gasteiger partial charge in [0, 0.05) is 57.0 Å². The number of rotatable bonds is 6. The molecule has 62 heavy (non-hydrogen) atoms. The largest absolute Gasteiger partial charge is 0.485 e. The Balaban J connectivity index is 0.887. The summed E-state index contributed by atoms with van der Waals surface area (Å²) >= 11 is 0. The maximum atomic E-state index is 6.84. The predicted octanol–water partition coefficient (Wildman–Crippen LogP) is 14.9. The van der Waals surface area contributed by atoms with E-state index in [1.54, 1.807) is 0 Å². The van der Waals surface area contributed by atoms with Crippen LogP contribution >= 0.6 is 0 Å². The second kappa shape index (κ2) is 13.4. The standard InChI is InChI=1S/C57H40N2O3/c1-57-29-11-10-24-54(57)62-51-23-13-20-48(56(51)57)59(41-16-6-3-7-17-41)43-28-26-37-33-46-45-32-36-25-27-42(30-38(36)34-52(45)61-53(46)35-39(37)31-43)58(40-14-4-2-5-15-40)47-19-12-22-50-55(47)44-18-8-9-21-49(44)60-50/h2-33,35,38,54H,34H2,1H3. The number of hydrogen-bond acceptors (Lipinski definition) is 5. The Morgan fingerprint density at radius 2 is 1.37 bits per heavy atom. The van der Waals surface area contributed by atoms with E-state index in [1.165, 1.54) is 22.1 Å². The molecule has 13 rings (SSSR count). The van der Waals surface area contributed by atoms with Crippen molar-refractivity contribution in [2.24, 2.45) is 5.92 Å². The minimum absolute atomic E-state index is 0.0481. The van der Waals surface area contributed by atoms with Gasteiger partial charge in [0.2, 0.25) is 0 Å². The lowest BCUT2D eigenvalue weighted by Gasteiger charge is -2.33. The third-order valence-corrected chi connectivity index (χ3v) is 13.3. The van der Waals surface area contributed by atoms with Crippen molar-refractivity contribution in [3.05, 3.63) is 222 Å². The zero-order chi connectivity index (χ0) is 40.9. The van der Waals surface area contributed by atoms with Crippen LogP contribution in [0.4, 0.5) is 28.4 Å². The number of ether oxygens (including phenoxy) is 1. The maximum absolute atomic E-state index is 6.84. The van der Waals surface area contributed by atoms with Gasteiger partial charge in [0.05, 0.1) is 22.2 Å². The molecular weight excluding hydrogens is 761 g/mol. The first-order chi connectivity index (χ1) is 30.6. The van der Waals surface area contributed by atoms with Gasteiger partial charge in [0.1, 0.15) is 34.4 Å². The SMILES string of the molecule is CC12C=CC=CC1Oc1cccc(N(c3ccccc3)c3ccc4cc5c6c(oc5cc4c3)CC3C=C(N(c4ccccc4)c4cccc5oc7ccccc7c45)C=CC3=C6)c12. The van der Waals surface area contributed by atoms with Crippen LogP contribution in [-0.4, -0.2) is 6.10 Å². The number of fused-ring (bicyclic) bond motifs is 11. The first kappa shape index (κ1) is 35.0. The summed E-state index contributed by atoms with van der Waals surface area (Å²) in [5, 5.41) is 5.66. The van der Waals surface area contributed by atoms with E-state index in [9.17, 15) is 0 Å². The van der Waals surface area contributed by atoms with Crippen molar-refractivity contribution in [1.29, 1.82) is 0 Å². The van der Waals surface area contributed by atoms with Crippen LogP contribution in [0.1, 0.15) is 23.8 Å². The van der Waals surface area contributed by atoms with Gasteiger partial charge in [0.25, 0.3) is 0 Å². The highest BCUT2D eigenvalue weighted by molar-refractivity contribution is 6.13. The fraction of sp³-hybridized carbons (Fsp3) is 0.0877. The first-order valence-electron chi connectivity index (χ1n) is 21.4. The minimum atomic E-state index is -0.288.